The molecule has 0 spiro atoms. The summed E-state index contributed by atoms with van der Waals surface area (Å²) in [5.41, 5.74) is 5.18. The molecule has 0 aromatic heterocycles. The minimum absolute atomic E-state index is 0.0881. The number of nitrogens with two attached hydrogens (primary N) is 1. The Bertz CT molecular complexity index is 518. The average molecular weight is 318 g/mol. The summed E-state index contributed by atoms with van der Waals surface area (Å²) in [6.45, 7) is 6.03. The molecule has 0 radical (unpaired) electrons. The van der Waals surface area contributed by atoms with Gasteiger partial charge in [-0.1, -0.05) is 19.9 Å². The molecule has 4 nitrogen and oxygen atoms in total. The summed E-state index contributed by atoms with van der Waals surface area (Å²) in [7, 11) is 0. The van der Waals surface area contributed by atoms with Gasteiger partial charge in [0.2, 0.25) is 0 Å². The molecule has 1 aromatic carbocycles. The van der Waals surface area contributed by atoms with E-state index >= 15 is 0 Å². The first kappa shape index (κ1) is 18.3. The Morgan fingerprint density at radius 3 is 2.50 bits per heavy atom. The summed E-state index contributed by atoms with van der Waals surface area (Å²) in [4.78, 5) is 12.2. The van der Waals surface area contributed by atoms with Crippen LogP contribution in [0.1, 0.15) is 37.6 Å². The van der Waals surface area contributed by atoms with E-state index in [1.807, 2.05) is 13.8 Å². The van der Waals surface area contributed by atoms with Crippen LogP contribution in [0.25, 0.3) is 0 Å². The Balaban J connectivity index is 2.87. The number of amides is 1. The molecule has 0 heterocycles. The van der Waals surface area contributed by atoms with Gasteiger partial charge in [-0.25, -0.2) is 0 Å². The lowest BCUT2D eigenvalue weighted by Crippen LogP contribution is -2.52. The third-order valence-corrected chi connectivity index (χ3v) is 3.05. The molecule has 0 saturated carbocycles. The molecule has 22 heavy (non-hydrogen) atoms. The van der Waals surface area contributed by atoms with Crippen molar-refractivity contribution in [2.45, 2.75) is 39.1 Å². The van der Waals surface area contributed by atoms with Gasteiger partial charge in [0.05, 0.1) is 0 Å². The second kappa shape index (κ2) is 7.00. The van der Waals surface area contributed by atoms with E-state index in [1.165, 1.54) is 12.1 Å². The number of alkyl halides is 3. The quantitative estimate of drug-likeness (QED) is 0.847. The fourth-order valence-electron chi connectivity index (χ4n) is 2.27. The fraction of sp³-hybridized carbons (Fsp3) is 0.533. The molecule has 0 aliphatic carbocycles. The standard InChI is InChI=1S/C15H21F3N2O2/c1-10(2)8-14(3,9-19)20-13(21)11-5-4-6-12(7-11)22-15(16,17)18/h4-7,10H,8-9,19H2,1-3H3,(H,20,21). The zero-order valence-corrected chi connectivity index (χ0v) is 12.8. The maximum absolute atomic E-state index is 12.2. The molecule has 0 fully saturated rings. The van der Waals surface area contributed by atoms with Crippen molar-refractivity contribution >= 4 is 5.91 Å². The number of hydrogen-bond acceptors (Lipinski definition) is 3. The van der Waals surface area contributed by atoms with Gasteiger partial charge < -0.3 is 15.8 Å². The smallest absolute Gasteiger partial charge is 0.406 e. The molecular formula is C15H21F3N2O2. The predicted molar refractivity (Wildman–Crippen MR) is 77.5 cm³/mol. The van der Waals surface area contributed by atoms with Gasteiger partial charge >= 0.3 is 6.36 Å². The van der Waals surface area contributed by atoms with Crippen molar-refractivity contribution in [3.8, 4) is 5.75 Å². The van der Waals surface area contributed by atoms with Crippen LogP contribution in [0, 0.1) is 5.92 Å². The summed E-state index contributed by atoms with van der Waals surface area (Å²) in [5, 5.41) is 2.78. The number of hydrogen-bond donors (Lipinski definition) is 2. The van der Waals surface area contributed by atoms with Crippen LogP contribution < -0.4 is 15.8 Å². The van der Waals surface area contributed by atoms with Gasteiger partial charge in [-0.05, 0) is 37.5 Å². The summed E-state index contributed by atoms with van der Waals surface area (Å²) in [6.07, 6.45) is -4.13. The van der Waals surface area contributed by atoms with Crippen molar-refractivity contribution in [1.82, 2.24) is 5.32 Å². The Labute approximate surface area is 127 Å². The van der Waals surface area contributed by atoms with Crippen LogP contribution in [0.4, 0.5) is 13.2 Å². The van der Waals surface area contributed by atoms with Crippen molar-refractivity contribution in [2.75, 3.05) is 6.54 Å². The first-order valence-electron chi connectivity index (χ1n) is 6.93. The van der Waals surface area contributed by atoms with Gasteiger partial charge in [-0.15, -0.1) is 13.2 Å². The highest BCUT2D eigenvalue weighted by atomic mass is 19.4. The van der Waals surface area contributed by atoms with Gasteiger partial charge in [0.25, 0.3) is 5.91 Å². The maximum atomic E-state index is 12.2. The molecule has 0 saturated heterocycles. The molecule has 0 bridgehead atoms. The van der Waals surface area contributed by atoms with Gasteiger partial charge in [-0.2, -0.15) is 0 Å². The lowest BCUT2D eigenvalue weighted by Gasteiger charge is -2.31. The first-order valence-corrected chi connectivity index (χ1v) is 6.93. The molecule has 1 amide bonds. The normalized spacial score (nSPS) is 14.5. The van der Waals surface area contributed by atoms with Crippen molar-refractivity contribution in [3.63, 3.8) is 0 Å². The van der Waals surface area contributed by atoms with Crippen LogP contribution >= 0.6 is 0 Å². The van der Waals surface area contributed by atoms with Crippen molar-refractivity contribution in [1.29, 1.82) is 0 Å². The van der Waals surface area contributed by atoms with E-state index in [1.54, 1.807) is 6.92 Å². The zero-order valence-electron chi connectivity index (χ0n) is 12.8. The molecule has 124 valence electrons. The Morgan fingerprint density at radius 2 is 2.00 bits per heavy atom. The summed E-state index contributed by atoms with van der Waals surface area (Å²) in [5.74, 6) is -0.603. The van der Waals surface area contributed by atoms with Crippen molar-refractivity contribution in [3.05, 3.63) is 29.8 Å². The van der Waals surface area contributed by atoms with Crippen LogP contribution in [0.5, 0.6) is 5.75 Å². The summed E-state index contributed by atoms with van der Waals surface area (Å²) < 4.78 is 40.4. The molecule has 1 rings (SSSR count). The van der Waals surface area contributed by atoms with Gasteiger partial charge in [-0.3, -0.25) is 4.79 Å². The first-order chi connectivity index (χ1) is 10.0. The van der Waals surface area contributed by atoms with E-state index in [4.69, 9.17) is 5.73 Å². The van der Waals surface area contributed by atoms with Crippen LogP contribution in [0.15, 0.2) is 24.3 Å². The molecule has 1 unspecified atom stereocenters. The number of nitrogens with one attached hydrogen (secondary N) is 1. The highest BCUT2D eigenvalue weighted by molar-refractivity contribution is 5.95. The Morgan fingerprint density at radius 1 is 1.36 bits per heavy atom. The maximum Gasteiger partial charge on any atom is 0.573 e. The number of carbonyl (C=O) groups is 1. The van der Waals surface area contributed by atoms with Crippen molar-refractivity contribution in [2.24, 2.45) is 11.7 Å². The Hall–Kier alpha value is -1.76. The second-order valence-electron chi connectivity index (χ2n) is 5.89. The number of halogens is 3. The number of rotatable bonds is 6. The lowest BCUT2D eigenvalue weighted by molar-refractivity contribution is -0.274. The summed E-state index contributed by atoms with van der Waals surface area (Å²) >= 11 is 0. The van der Waals surface area contributed by atoms with Gasteiger partial charge in [0.15, 0.2) is 0 Å². The van der Waals surface area contributed by atoms with Crippen LogP contribution in [0.2, 0.25) is 0 Å². The third-order valence-electron chi connectivity index (χ3n) is 3.05. The largest absolute Gasteiger partial charge is 0.573 e. The van der Waals surface area contributed by atoms with Crippen LogP contribution in [0.3, 0.4) is 0 Å². The number of ether oxygens (including phenoxy) is 1. The van der Waals surface area contributed by atoms with Gasteiger partial charge in [0, 0.05) is 17.6 Å². The molecule has 1 atom stereocenters. The molecule has 0 aliphatic rings. The SMILES string of the molecule is CC(C)CC(C)(CN)NC(=O)c1cccc(OC(F)(F)F)c1. The predicted octanol–water partition coefficient (Wildman–Crippen LogP) is 3.08. The van der Waals surface area contributed by atoms with Crippen LogP contribution in [-0.2, 0) is 0 Å². The van der Waals surface area contributed by atoms with E-state index in [2.05, 4.69) is 10.1 Å². The average Bonchev–Trinajstić information content (AvgIpc) is 2.36. The highest BCUT2D eigenvalue weighted by Gasteiger charge is 2.31. The molecular weight excluding hydrogens is 297 g/mol. The second-order valence-corrected chi connectivity index (χ2v) is 5.89. The number of carbonyl (C=O) groups excluding carboxylic acids is 1. The number of benzene rings is 1. The summed E-state index contributed by atoms with van der Waals surface area (Å²) in [6, 6.07) is 4.94. The topological polar surface area (TPSA) is 64.3 Å². The van der Waals surface area contributed by atoms with Gasteiger partial charge in [0.1, 0.15) is 5.75 Å². The molecule has 3 N–H and O–H groups in total. The van der Waals surface area contributed by atoms with Crippen molar-refractivity contribution < 1.29 is 22.7 Å². The third kappa shape index (κ3) is 5.93. The van der Waals surface area contributed by atoms with E-state index in [0.29, 0.717) is 12.3 Å². The molecule has 7 heteroatoms. The fourth-order valence-corrected chi connectivity index (χ4v) is 2.27. The molecule has 1 aromatic rings. The van der Waals surface area contributed by atoms with E-state index in [9.17, 15) is 18.0 Å². The van der Waals surface area contributed by atoms with Crippen LogP contribution in [-0.4, -0.2) is 24.4 Å². The van der Waals surface area contributed by atoms with E-state index in [0.717, 1.165) is 12.1 Å². The Kier molecular flexibility index (Phi) is 5.82. The van der Waals surface area contributed by atoms with E-state index < -0.39 is 23.6 Å². The minimum atomic E-state index is -4.79. The van der Waals surface area contributed by atoms with E-state index in [-0.39, 0.29) is 12.1 Å². The molecule has 0 aliphatic heterocycles. The lowest BCUT2D eigenvalue weighted by atomic mass is 9.90. The highest BCUT2D eigenvalue weighted by Crippen LogP contribution is 2.24. The zero-order chi connectivity index (χ0) is 17.0. The monoisotopic (exact) mass is 318 g/mol. The minimum Gasteiger partial charge on any atom is -0.406 e.